The van der Waals surface area contributed by atoms with E-state index in [1.54, 1.807) is 19.2 Å². The SMILES string of the molecule is Cc1cc([N+](=O)[O-])ccc1N/C=C(\C#N)c1nc(-c2ccc(Br)cc2)cs1. The van der Waals surface area contributed by atoms with Crippen LogP contribution in [0.3, 0.4) is 0 Å². The molecule has 0 spiro atoms. The standard InChI is InChI=1S/C19H13BrN4O2S/c1-12-8-16(24(25)26)6-7-17(12)22-10-14(9-21)19-23-18(11-27-19)13-2-4-15(20)5-3-13/h2-8,10-11,22H,1H3/b14-10+. The number of anilines is 1. The molecule has 0 bridgehead atoms. The molecule has 1 aromatic heterocycles. The summed E-state index contributed by atoms with van der Waals surface area (Å²) in [7, 11) is 0. The molecule has 27 heavy (non-hydrogen) atoms. The number of aromatic nitrogens is 1. The van der Waals surface area contributed by atoms with Gasteiger partial charge in [0.2, 0.25) is 0 Å². The van der Waals surface area contributed by atoms with Crippen LogP contribution in [0.15, 0.2) is 58.5 Å². The Morgan fingerprint density at radius 2 is 2.07 bits per heavy atom. The van der Waals surface area contributed by atoms with Gasteiger partial charge in [-0.2, -0.15) is 5.26 Å². The first-order valence-electron chi connectivity index (χ1n) is 7.81. The normalized spacial score (nSPS) is 11.1. The summed E-state index contributed by atoms with van der Waals surface area (Å²) in [5.41, 5.74) is 3.60. The highest BCUT2D eigenvalue weighted by molar-refractivity contribution is 9.10. The van der Waals surface area contributed by atoms with Gasteiger partial charge in [-0.3, -0.25) is 10.1 Å². The molecule has 0 aliphatic heterocycles. The topological polar surface area (TPSA) is 91.9 Å². The van der Waals surface area contributed by atoms with E-state index in [1.807, 2.05) is 29.6 Å². The maximum absolute atomic E-state index is 10.8. The number of nitrogens with one attached hydrogen (secondary N) is 1. The number of hydrogen-bond acceptors (Lipinski definition) is 6. The minimum atomic E-state index is -0.438. The number of halogens is 1. The number of nitriles is 1. The summed E-state index contributed by atoms with van der Waals surface area (Å²) in [6.45, 7) is 1.77. The molecule has 3 aromatic rings. The summed E-state index contributed by atoms with van der Waals surface area (Å²) in [4.78, 5) is 14.9. The van der Waals surface area contributed by atoms with Crippen LogP contribution >= 0.6 is 27.3 Å². The van der Waals surface area contributed by atoms with E-state index in [2.05, 4.69) is 32.3 Å². The van der Waals surface area contributed by atoms with Crippen molar-refractivity contribution in [3.8, 4) is 17.3 Å². The van der Waals surface area contributed by atoms with Gasteiger partial charge in [-0.25, -0.2) is 4.98 Å². The maximum atomic E-state index is 10.8. The summed E-state index contributed by atoms with van der Waals surface area (Å²) in [5.74, 6) is 0. The van der Waals surface area contributed by atoms with Crippen molar-refractivity contribution in [2.24, 2.45) is 0 Å². The summed E-state index contributed by atoms with van der Waals surface area (Å²) >= 11 is 4.79. The van der Waals surface area contributed by atoms with E-state index in [0.29, 0.717) is 21.8 Å². The van der Waals surface area contributed by atoms with Gasteiger partial charge in [0, 0.05) is 39.4 Å². The highest BCUT2D eigenvalue weighted by Gasteiger charge is 2.10. The second-order valence-electron chi connectivity index (χ2n) is 5.62. The third kappa shape index (κ3) is 4.39. The van der Waals surface area contributed by atoms with Crippen LogP contribution in [0.2, 0.25) is 0 Å². The van der Waals surface area contributed by atoms with E-state index in [4.69, 9.17) is 0 Å². The molecule has 134 valence electrons. The van der Waals surface area contributed by atoms with Crippen molar-refractivity contribution < 1.29 is 4.92 Å². The van der Waals surface area contributed by atoms with Crippen LogP contribution in [0, 0.1) is 28.4 Å². The highest BCUT2D eigenvalue weighted by Crippen LogP contribution is 2.27. The molecule has 2 aromatic carbocycles. The lowest BCUT2D eigenvalue weighted by Crippen LogP contribution is -1.95. The average Bonchev–Trinajstić information content (AvgIpc) is 3.13. The maximum Gasteiger partial charge on any atom is 0.269 e. The molecule has 6 nitrogen and oxygen atoms in total. The first-order chi connectivity index (χ1) is 13.0. The fraction of sp³-hybridized carbons (Fsp3) is 0.0526. The number of allylic oxidation sites excluding steroid dienone is 1. The van der Waals surface area contributed by atoms with Crippen molar-refractivity contribution in [2.45, 2.75) is 6.92 Å². The fourth-order valence-electron chi connectivity index (χ4n) is 2.37. The zero-order valence-electron chi connectivity index (χ0n) is 14.1. The number of non-ortho nitro benzene ring substituents is 1. The summed E-state index contributed by atoms with van der Waals surface area (Å²) < 4.78 is 0.988. The smallest absolute Gasteiger partial charge is 0.269 e. The van der Waals surface area contributed by atoms with Crippen molar-refractivity contribution in [2.75, 3.05) is 5.32 Å². The Morgan fingerprint density at radius 1 is 1.33 bits per heavy atom. The van der Waals surface area contributed by atoms with Crippen LogP contribution in [-0.2, 0) is 0 Å². The number of hydrogen-bond donors (Lipinski definition) is 1. The van der Waals surface area contributed by atoms with E-state index in [1.165, 1.54) is 23.5 Å². The number of nitrogens with zero attached hydrogens (tertiary/aromatic N) is 3. The second-order valence-corrected chi connectivity index (χ2v) is 7.39. The van der Waals surface area contributed by atoms with Crippen LogP contribution in [-0.4, -0.2) is 9.91 Å². The van der Waals surface area contributed by atoms with Crippen molar-refractivity contribution >= 4 is 44.2 Å². The number of benzene rings is 2. The summed E-state index contributed by atoms with van der Waals surface area (Å²) in [6, 6.07) is 14.5. The average molecular weight is 441 g/mol. The van der Waals surface area contributed by atoms with Gasteiger partial charge in [-0.1, -0.05) is 28.1 Å². The fourth-order valence-corrected chi connectivity index (χ4v) is 3.42. The monoisotopic (exact) mass is 440 g/mol. The molecule has 0 fully saturated rings. The third-order valence-electron chi connectivity index (χ3n) is 3.79. The molecule has 0 unspecified atom stereocenters. The first kappa shape index (κ1) is 18.8. The predicted molar refractivity (Wildman–Crippen MR) is 110 cm³/mol. The molecule has 0 saturated heterocycles. The predicted octanol–water partition coefficient (Wildman–Crippen LogP) is 5.77. The Kier molecular flexibility index (Phi) is 5.64. The van der Waals surface area contributed by atoms with E-state index in [0.717, 1.165) is 15.7 Å². The van der Waals surface area contributed by atoms with Crippen LogP contribution in [0.5, 0.6) is 0 Å². The number of nitro benzene ring substituents is 1. The quantitative estimate of drug-likeness (QED) is 0.309. The molecule has 0 aliphatic carbocycles. The molecule has 3 rings (SSSR count). The van der Waals surface area contributed by atoms with Gasteiger partial charge < -0.3 is 5.32 Å². The van der Waals surface area contributed by atoms with Crippen molar-refractivity contribution in [3.05, 3.63) is 79.2 Å². The van der Waals surface area contributed by atoms with Gasteiger partial charge >= 0.3 is 0 Å². The summed E-state index contributed by atoms with van der Waals surface area (Å²) in [5, 5.41) is 25.8. The van der Waals surface area contributed by atoms with Gasteiger partial charge in [0.25, 0.3) is 5.69 Å². The lowest BCUT2D eigenvalue weighted by Gasteiger charge is -2.05. The molecule has 1 N–H and O–H groups in total. The van der Waals surface area contributed by atoms with Crippen molar-refractivity contribution in [1.29, 1.82) is 5.26 Å². The zero-order chi connectivity index (χ0) is 19.4. The molecule has 1 heterocycles. The van der Waals surface area contributed by atoms with E-state index in [-0.39, 0.29) is 5.69 Å². The second kappa shape index (κ2) is 8.12. The zero-order valence-corrected chi connectivity index (χ0v) is 16.5. The molecule has 0 amide bonds. The van der Waals surface area contributed by atoms with Crippen LogP contribution in [0.25, 0.3) is 16.8 Å². The Morgan fingerprint density at radius 3 is 2.70 bits per heavy atom. The molecule has 0 atom stereocenters. The molecular formula is C19H13BrN4O2S. The summed E-state index contributed by atoms with van der Waals surface area (Å²) in [6.07, 6.45) is 1.57. The van der Waals surface area contributed by atoms with Gasteiger partial charge in [0.05, 0.1) is 10.6 Å². The number of thiazole rings is 1. The van der Waals surface area contributed by atoms with Crippen LogP contribution in [0.1, 0.15) is 10.6 Å². The lowest BCUT2D eigenvalue weighted by molar-refractivity contribution is -0.384. The Balaban J connectivity index is 1.82. The molecule has 0 radical (unpaired) electrons. The molecular weight excluding hydrogens is 428 g/mol. The van der Waals surface area contributed by atoms with E-state index in [9.17, 15) is 15.4 Å². The number of aryl methyl sites for hydroxylation is 1. The molecule has 8 heteroatoms. The number of nitro groups is 1. The van der Waals surface area contributed by atoms with Crippen LogP contribution < -0.4 is 5.32 Å². The minimum absolute atomic E-state index is 0.0293. The Bertz CT molecular complexity index is 1070. The Labute approximate surface area is 168 Å². The highest BCUT2D eigenvalue weighted by atomic mass is 79.9. The molecule has 0 aliphatic rings. The third-order valence-corrected chi connectivity index (χ3v) is 5.19. The van der Waals surface area contributed by atoms with E-state index < -0.39 is 4.92 Å². The van der Waals surface area contributed by atoms with E-state index >= 15 is 0 Å². The van der Waals surface area contributed by atoms with Crippen molar-refractivity contribution in [3.63, 3.8) is 0 Å². The lowest BCUT2D eigenvalue weighted by atomic mass is 10.2. The van der Waals surface area contributed by atoms with Gasteiger partial charge in [0.15, 0.2) is 0 Å². The van der Waals surface area contributed by atoms with Gasteiger partial charge in [0.1, 0.15) is 16.6 Å². The largest absolute Gasteiger partial charge is 0.360 e. The van der Waals surface area contributed by atoms with Gasteiger partial charge in [-0.15, -0.1) is 11.3 Å². The van der Waals surface area contributed by atoms with Crippen LogP contribution in [0.4, 0.5) is 11.4 Å². The number of rotatable bonds is 5. The van der Waals surface area contributed by atoms with Crippen molar-refractivity contribution in [1.82, 2.24) is 4.98 Å². The minimum Gasteiger partial charge on any atom is -0.360 e. The molecule has 0 saturated carbocycles. The first-order valence-corrected chi connectivity index (χ1v) is 9.49. The Hall–Kier alpha value is -3.02. The van der Waals surface area contributed by atoms with Gasteiger partial charge in [-0.05, 0) is 30.7 Å².